The molecule has 3 heteroatoms. The summed E-state index contributed by atoms with van der Waals surface area (Å²) in [6.07, 6.45) is 7.84. The highest BCUT2D eigenvalue weighted by Gasteiger charge is 2.19. The molecule has 19 heavy (non-hydrogen) atoms. The van der Waals surface area contributed by atoms with Gasteiger partial charge in [-0.2, -0.15) is 0 Å². The lowest BCUT2D eigenvalue weighted by Crippen LogP contribution is -2.46. The third kappa shape index (κ3) is 4.67. The Labute approximate surface area is 115 Å². The summed E-state index contributed by atoms with van der Waals surface area (Å²) >= 11 is 0. The Kier molecular flexibility index (Phi) is 5.40. The first-order valence-corrected chi connectivity index (χ1v) is 7.35. The highest BCUT2D eigenvalue weighted by molar-refractivity contribution is 5.82. The zero-order valence-electron chi connectivity index (χ0n) is 11.5. The van der Waals surface area contributed by atoms with E-state index in [4.69, 9.17) is 5.73 Å². The van der Waals surface area contributed by atoms with Gasteiger partial charge in [-0.15, -0.1) is 0 Å². The Morgan fingerprint density at radius 2 is 1.79 bits per heavy atom. The zero-order valence-corrected chi connectivity index (χ0v) is 11.5. The van der Waals surface area contributed by atoms with Gasteiger partial charge in [0.25, 0.3) is 0 Å². The Hall–Kier alpha value is -1.35. The van der Waals surface area contributed by atoms with Crippen molar-refractivity contribution in [2.45, 2.75) is 57.0 Å². The van der Waals surface area contributed by atoms with Crippen LogP contribution in [0.3, 0.4) is 0 Å². The smallest absolute Gasteiger partial charge is 0.237 e. The van der Waals surface area contributed by atoms with Crippen LogP contribution < -0.4 is 11.1 Å². The van der Waals surface area contributed by atoms with Crippen LogP contribution in [-0.2, 0) is 11.2 Å². The fourth-order valence-corrected chi connectivity index (χ4v) is 2.69. The zero-order chi connectivity index (χ0) is 13.5. The van der Waals surface area contributed by atoms with Gasteiger partial charge in [-0.1, -0.05) is 56.0 Å². The van der Waals surface area contributed by atoms with Crippen molar-refractivity contribution in [1.29, 1.82) is 0 Å². The number of carbonyl (C=O) groups excluding carboxylic acids is 1. The van der Waals surface area contributed by atoms with E-state index in [-0.39, 0.29) is 5.91 Å². The van der Waals surface area contributed by atoms with Gasteiger partial charge in [0.1, 0.15) is 0 Å². The lowest BCUT2D eigenvalue weighted by molar-refractivity contribution is -0.123. The Balaban J connectivity index is 1.81. The molecule has 1 aromatic carbocycles. The van der Waals surface area contributed by atoms with E-state index in [1.807, 2.05) is 30.3 Å². The second-order valence-electron chi connectivity index (χ2n) is 5.49. The summed E-state index contributed by atoms with van der Waals surface area (Å²) in [6.45, 7) is 0. The van der Waals surface area contributed by atoms with Gasteiger partial charge in [0.2, 0.25) is 5.91 Å². The molecule has 3 nitrogen and oxygen atoms in total. The van der Waals surface area contributed by atoms with Crippen LogP contribution in [0.1, 0.15) is 44.1 Å². The molecule has 0 bridgehead atoms. The summed E-state index contributed by atoms with van der Waals surface area (Å²) in [7, 11) is 0. The molecular weight excluding hydrogens is 236 g/mol. The molecule has 1 aliphatic carbocycles. The average molecular weight is 260 g/mol. The molecule has 1 unspecified atom stereocenters. The fourth-order valence-electron chi connectivity index (χ4n) is 2.69. The number of carbonyl (C=O) groups is 1. The molecule has 1 aromatic rings. The molecule has 2 rings (SSSR count). The van der Waals surface area contributed by atoms with Crippen molar-refractivity contribution < 1.29 is 4.79 Å². The summed E-state index contributed by atoms with van der Waals surface area (Å²) in [5.41, 5.74) is 7.11. The third-order valence-corrected chi connectivity index (χ3v) is 3.84. The van der Waals surface area contributed by atoms with Gasteiger partial charge in [-0.05, 0) is 24.8 Å². The predicted molar refractivity (Wildman–Crippen MR) is 77.8 cm³/mol. The third-order valence-electron chi connectivity index (χ3n) is 3.84. The minimum Gasteiger partial charge on any atom is -0.352 e. The van der Waals surface area contributed by atoms with E-state index in [0.29, 0.717) is 12.5 Å². The molecule has 1 aliphatic rings. The summed E-state index contributed by atoms with van der Waals surface area (Å²) < 4.78 is 0. The first-order valence-electron chi connectivity index (χ1n) is 7.35. The maximum absolute atomic E-state index is 12.1. The van der Waals surface area contributed by atoms with Crippen molar-refractivity contribution >= 4 is 5.91 Å². The van der Waals surface area contributed by atoms with Crippen molar-refractivity contribution in [3.05, 3.63) is 35.9 Å². The van der Waals surface area contributed by atoms with Crippen LogP contribution in [0.15, 0.2) is 30.3 Å². The van der Waals surface area contributed by atoms with Gasteiger partial charge in [0, 0.05) is 6.04 Å². The van der Waals surface area contributed by atoms with E-state index >= 15 is 0 Å². The summed E-state index contributed by atoms with van der Waals surface area (Å²) in [6, 6.07) is 9.84. The van der Waals surface area contributed by atoms with Gasteiger partial charge < -0.3 is 11.1 Å². The molecule has 1 amide bonds. The Bertz CT molecular complexity index is 383. The minimum atomic E-state index is -0.439. The summed E-state index contributed by atoms with van der Waals surface area (Å²) in [5.74, 6) is -0.00393. The van der Waals surface area contributed by atoms with Crippen molar-refractivity contribution in [2.24, 2.45) is 5.73 Å². The van der Waals surface area contributed by atoms with E-state index in [2.05, 4.69) is 5.32 Å². The lowest BCUT2D eigenvalue weighted by Gasteiger charge is -2.19. The van der Waals surface area contributed by atoms with Crippen LogP contribution in [-0.4, -0.2) is 18.0 Å². The van der Waals surface area contributed by atoms with Gasteiger partial charge in [-0.3, -0.25) is 4.79 Å². The van der Waals surface area contributed by atoms with Gasteiger partial charge in [0.15, 0.2) is 0 Å². The van der Waals surface area contributed by atoms with Crippen molar-refractivity contribution in [3.63, 3.8) is 0 Å². The van der Waals surface area contributed by atoms with Crippen LogP contribution in [0, 0.1) is 0 Å². The molecule has 0 saturated heterocycles. The van der Waals surface area contributed by atoms with Gasteiger partial charge in [-0.25, -0.2) is 0 Å². The largest absolute Gasteiger partial charge is 0.352 e. The number of hydrogen-bond donors (Lipinski definition) is 2. The van der Waals surface area contributed by atoms with Crippen LogP contribution in [0.25, 0.3) is 0 Å². The number of hydrogen-bond acceptors (Lipinski definition) is 2. The normalized spacial score (nSPS) is 18.6. The maximum Gasteiger partial charge on any atom is 0.237 e. The first kappa shape index (κ1) is 14.1. The van der Waals surface area contributed by atoms with Crippen molar-refractivity contribution in [3.8, 4) is 0 Å². The average Bonchev–Trinajstić information content (AvgIpc) is 2.68. The van der Waals surface area contributed by atoms with Gasteiger partial charge >= 0.3 is 0 Å². The van der Waals surface area contributed by atoms with E-state index in [1.54, 1.807) is 0 Å². The highest BCUT2D eigenvalue weighted by Crippen LogP contribution is 2.17. The van der Waals surface area contributed by atoms with E-state index < -0.39 is 6.04 Å². The topological polar surface area (TPSA) is 55.1 Å². The number of benzene rings is 1. The SMILES string of the molecule is NC(Cc1ccccc1)C(=O)NC1CCCCCC1. The summed E-state index contributed by atoms with van der Waals surface area (Å²) in [5, 5.41) is 3.11. The van der Waals surface area contributed by atoms with E-state index in [1.165, 1.54) is 25.7 Å². The van der Waals surface area contributed by atoms with E-state index in [9.17, 15) is 4.79 Å². The van der Waals surface area contributed by atoms with Crippen LogP contribution in [0.2, 0.25) is 0 Å². The first-order chi connectivity index (χ1) is 9.25. The van der Waals surface area contributed by atoms with E-state index in [0.717, 1.165) is 18.4 Å². The molecule has 0 radical (unpaired) electrons. The second kappa shape index (κ2) is 7.29. The lowest BCUT2D eigenvalue weighted by atomic mass is 10.0. The Morgan fingerprint density at radius 1 is 1.16 bits per heavy atom. The standard InChI is InChI=1S/C16H24N2O/c17-15(12-13-8-4-3-5-9-13)16(19)18-14-10-6-1-2-7-11-14/h3-5,8-9,14-15H,1-2,6-7,10-12,17H2,(H,18,19). The minimum absolute atomic E-state index is 0.00393. The van der Waals surface area contributed by atoms with Gasteiger partial charge in [0.05, 0.1) is 6.04 Å². The molecule has 1 fully saturated rings. The molecule has 0 heterocycles. The molecular formula is C16H24N2O. The second-order valence-corrected chi connectivity index (χ2v) is 5.49. The van der Waals surface area contributed by atoms with Crippen molar-refractivity contribution in [1.82, 2.24) is 5.32 Å². The van der Waals surface area contributed by atoms with Crippen LogP contribution in [0.4, 0.5) is 0 Å². The molecule has 0 aromatic heterocycles. The molecule has 1 atom stereocenters. The quantitative estimate of drug-likeness (QED) is 0.817. The number of nitrogens with one attached hydrogen (secondary N) is 1. The molecule has 0 spiro atoms. The molecule has 104 valence electrons. The number of amides is 1. The molecule has 0 aliphatic heterocycles. The summed E-state index contributed by atoms with van der Waals surface area (Å²) in [4.78, 5) is 12.1. The molecule has 1 saturated carbocycles. The Morgan fingerprint density at radius 3 is 2.42 bits per heavy atom. The predicted octanol–water partition coefficient (Wildman–Crippen LogP) is 2.40. The van der Waals surface area contributed by atoms with Crippen LogP contribution >= 0.6 is 0 Å². The van der Waals surface area contributed by atoms with Crippen molar-refractivity contribution in [2.75, 3.05) is 0 Å². The highest BCUT2D eigenvalue weighted by atomic mass is 16.2. The maximum atomic E-state index is 12.1. The molecule has 3 N–H and O–H groups in total. The monoisotopic (exact) mass is 260 g/mol. The number of nitrogens with two attached hydrogens (primary N) is 1. The number of rotatable bonds is 4. The fraction of sp³-hybridized carbons (Fsp3) is 0.562. The van der Waals surface area contributed by atoms with Crippen LogP contribution in [0.5, 0.6) is 0 Å².